The number of benzene rings is 2. The zero-order chi connectivity index (χ0) is 29.6. The molecule has 0 saturated carbocycles. The van der Waals surface area contributed by atoms with Crippen LogP contribution in [0.1, 0.15) is 32.0 Å². The van der Waals surface area contributed by atoms with Gasteiger partial charge < -0.3 is 19.7 Å². The molecule has 41 heavy (non-hydrogen) atoms. The number of aromatic nitrogens is 1. The van der Waals surface area contributed by atoms with Gasteiger partial charge in [0.05, 0.1) is 23.0 Å². The normalized spacial score (nSPS) is 20.8. The van der Waals surface area contributed by atoms with Gasteiger partial charge in [-0.1, -0.05) is 18.2 Å². The highest BCUT2D eigenvalue weighted by Gasteiger charge is 2.59. The van der Waals surface area contributed by atoms with Crippen molar-refractivity contribution in [3.05, 3.63) is 65.9 Å². The molecule has 2 atom stereocenters. The Morgan fingerprint density at radius 2 is 1.85 bits per heavy atom. The van der Waals surface area contributed by atoms with Crippen molar-refractivity contribution in [2.75, 3.05) is 13.1 Å². The molecule has 0 aliphatic carbocycles. The van der Waals surface area contributed by atoms with Crippen LogP contribution >= 0.6 is 0 Å². The molecule has 2 fully saturated rings. The Labute approximate surface area is 237 Å². The molecule has 1 spiro atoms. The van der Waals surface area contributed by atoms with Crippen molar-refractivity contribution in [3.63, 3.8) is 0 Å². The third-order valence-electron chi connectivity index (χ3n) is 6.81. The first kappa shape index (κ1) is 28.3. The molecular weight excluding hydrogens is 550 g/mol. The van der Waals surface area contributed by atoms with Crippen LogP contribution in [0.4, 0.5) is 9.59 Å². The molecule has 2 unspecified atom stereocenters. The number of carbonyl (C=O) groups is 3. The molecule has 4 amide bonds. The molecule has 3 heterocycles. The van der Waals surface area contributed by atoms with Gasteiger partial charge in [0.2, 0.25) is 10.0 Å². The summed E-state index contributed by atoms with van der Waals surface area (Å²) in [5.41, 5.74) is 0.174. The number of ether oxygens (including phenoxy) is 2. The van der Waals surface area contributed by atoms with Crippen molar-refractivity contribution in [2.45, 2.75) is 56.4 Å². The Balaban J connectivity index is 1.32. The number of para-hydroxylation sites is 1. The summed E-state index contributed by atoms with van der Waals surface area (Å²) in [6, 6.07) is 13.6. The predicted octanol–water partition coefficient (Wildman–Crippen LogP) is 2.60. The number of rotatable bonds is 6. The highest BCUT2D eigenvalue weighted by atomic mass is 32.2. The number of aryl methyl sites for hydroxylation is 1. The monoisotopic (exact) mass is 581 g/mol. The van der Waals surface area contributed by atoms with Crippen LogP contribution in [0.3, 0.4) is 0 Å². The molecule has 216 valence electrons. The van der Waals surface area contributed by atoms with Gasteiger partial charge in [-0.3, -0.25) is 15.1 Å². The summed E-state index contributed by atoms with van der Waals surface area (Å²) in [6.07, 6.45) is -0.730. The maximum absolute atomic E-state index is 13.4. The first-order valence-corrected chi connectivity index (χ1v) is 14.5. The first-order valence-electron chi connectivity index (χ1n) is 13.0. The average Bonchev–Trinajstić information content (AvgIpc) is 3.39. The van der Waals surface area contributed by atoms with Crippen LogP contribution in [0.25, 0.3) is 10.9 Å². The number of hydrogen-bond acceptors (Lipinski definition) is 8. The molecular formula is C28H31N5O7S. The van der Waals surface area contributed by atoms with Gasteiger partial charge >= 0.3 is 12.1 Å². The fraction of sp³-hybridized carbons (Fsp3) is 0.357. The third kappa shape index (κ3) is 5.81. The molecule has 3 N–H and O–H groups in total. The lowest BCUT2D eigenvalue weighted by Crippen LogP contribution is -2.62. The Hall–Kier alpha value is -4.23. The predicted molar refractivity (Wildman–Crippen MR) is 149 cm³/mol. The molecule has 2 aliphatic rings. The van der Waals surface area contributed by atoms with Crippen LogP contribution < -0.4 is 20.1 Å². The molecule has 12 nitrogen and oxygen atoms in total. The minimum Gasteiger partial charge on any atom is -0.489 e. The number of nitrogens with zero attached hydrogens (tertiary/aromatic N) is 2. The van der Waals surface area contributed by atoms with Crippen LogP contribution in [0.5, 0.6) is 5.75 Å². The molecule has 3 aromatic rings. The lowest BCUT2D eigenvalue weighted by atomic mass is 9.94. The number of fused-ring (bicyclic) bond motifs is 1. The summed E-state index contributed by atoms with van der Waals surface area (Å²) < 4.78 is 40.6. The SMILES string of the molecule is Cc1cc(COc2ccc(S(=O)(=O)NC3CN(C(=O)OC(C)(C)C)CC34NC(=O)NC4=O)cc2)c2ccccc2n1. The zero-order valence-corrected chi connectivity index (χ0v) is 23.9. The van der Waals surface area contributed by atoms with E-state index in [1.165, 1.54) is 29.2 Å². The van der Waals surface area contributed by atoms with E-state index in [-0.39, 0.29) is 24.6 Å². The molecule has 0 radical (unpaired) electrons. The molecule has 0 bridgehead atoms. The summed E-state index contributed by atoms with van der Waals surface area (Å²) in [7, 11) is -4.17. The van der Waals surface area contributed by atoms with Crippen LogP contribution in [-0.2, 0) is 26.2 Å². The summed E-state index contributed by atoms with van der Waals surface area (Å²) in [4.78, 5) is 43.2. The van der Waals surface area contributed by atoms with Gasteiger partial charge in [-0.25, -0.2) is 22.7 Å². The highest BCUT2D eigenvalue weighted by molar-refractivity contribution is 7.89. The van der Waals surface area contributed by atoms with Crippen molar-refractivity contribution in [1.82, 2.24) is 25.2 Å². The molecule has 5 rings (SSSR count). The third-order valence-corrected chi connectivity index (χ3v) is 8.30. The van der Waals surface area contributed by atoms with E-state index >= 15 is 0 Å². The highest BCUT2D eigenvalue weighted by Crippen LogP contribution is 2.29. The largest absolute Gasteiger partial charge is 0.489 e. The smallest absolute Gasteiger partial charge is 0.410 e. The van der Waals surface area contributed by atoms with E-state index in [9.17, 15) is 22.8 Å². The molecule has 13 heteroatoms. The lowest BCUT2D eigenvalue weighted by Gasteiger charge is -2.27. The van der Waals surface area contributed by atoms with E-state index < -0.39 is 45.2 Å². The van der Waals surface area contributed by atoms with E-state index in [1.54, 1.807) is 20.8 Å². The van der Waals surface area contributed by atoms with Crippen molar-refractivity contribution in [2.24, 2.45) is 0 Å². The summed E-state index contributed by atoms with van der Waals surface area (Å²) >= 11 is 0. The van der Waals surface area contributed by atoms with Gasteiger partial charge in [0.15, 0.2) is 5.54 Å². The number of amides is 4. The Bertz CT molecular complexity index is 1640. The number of hydrogen-bond donors (Lipinski definition) is 3. The number of pyridine rings is 1. The van der Waals surface area contributed by atoms with Gasteiger partial charge in [0.25, 0.3) is 5.91 Å². The maximum atomic E-state index is 13.4. The zero-order valence-electron chi connectivity index (χ0n) is 23.1. The Morgan fingerprint density at radius 1 is 1.15 bits per heavy atom. The van der Waals surface area contributed by atoms with Crippen LogP contribution in [0.2, 0.25) is 0 Å². The summed E-state index contributed by atoms with van der Waals surface area (Å²) in [6.45, 7) is 6.78. The number of nitrogens with one attached hydrogen (secondary N) is 3. The summed E-state index contributed by atoms with van der Waals surface area (Å²) in [5, 5.41) is 5.62. The number of urea groups is 1. The van der Waals surface area contributed by atoms with E-state index in [0.29, 0.717) is 5.75 Å². The van der Waals surface area contributed by atoms with Gasteiger partial charge in [-0.05, 0) is 64.1 Å². The quantitative estimate of drug-likeness (QED) is 0.375. The van der Waals surface area contributed by atoms with E-state index in [4.69, 9.17) is 9.47 Å². The van der Waals surface area contributed by atoms with Crippen LogP contribution in [0.15, 0.2) is 59.5 Å². The van der Waals surface area contributed by atoms with Crippen molar-refractivity contribution >= 4 is 39.0 Å². The van der Waals surface area contributed by atoms with Gasteiger partial charge in [0.1, 0.15) is 18.0 Å². The second-order valence-electron chi connectivity index (χ2n) is 11.1. The molecule has 2 aliphatic heterocycles. The molecule has 2 saturated heterocycles. The van der Waals surface area contributed by atoms with Gasteiger partial charge in [-0.2, -0.15) is 0 Å². The fourth-order valence-electron chi connectivity index (χ4n) is 4.96. The minimum absolute atomic E-state index is 0.0781. The summed E-state index contributed by atoms with van der Waals surface area (Å²) in [5.74, 6) is -0.276. The fourth-order valence-corrected chi connectivity index (χ4v) is 6.24. The standard InChI is InChI=1S/C28H31N5O7S/c1-17-13-18(21-7-5-6-8-22(21)29-17)15-39-19-9-11-20(12-10-19)41(37,38)32-23-14-33(26(36)40-27(2,3)4)16-28(23)24(34)30-25(35)31-28/h5-13,23,32H,14-16H2,1-4H3,(H2,30,31,34,35). The van der Waals surface area contributed by atoms with Gasteiger partial charge in [0, 0.05) is 23.2 Å². The van der Waals surface area contributed by atoms with E-state index in [2.05, 4.69) is 20.3 Å². The Morgan fingerprint density at radius 3 is 2.51 bits per heavy atom. The van der Waals surface area contributed by atoms with Crippen molar-refractivity contribution in [1.29, 1.82) is 0 Å². The molecule has 1 aromatic heterocycles. The van der Waals surface area contributed by atoms with Crippen LogP contribution in [-0.4, -0.2) is 66.6 Å². The maximum Gasteiger partial charge on any atom is 0.410 e. The van der Waals surface area contributed by atoms with Crippen molar-refractivity contribution < 1.29 is 32.3 Å². The number of carbonyl (C=O) groups excluding carboxylic acids is 3. The lowest BCUT2D eigenvalue weighted by molar-refractivity contribution is -0.123. The second kappa shape index (κ2) is 10.3. The number of likely N-dealkylation sites (tertiary alicyclic amines) is 1. The van der Waals surface area contributed by atoms with Crippen molar-refractivity contribution in [3.8, 4) is 5.75 Å². The van der Waals surface area contributed by atoms with E-state index in [0.717, 1.165) is 22.2 Å². The number of sulfonamides is 1. The average molecular weight is 582 g/mol. The Kier molecular flexibility index (Phi) is 7.12. The topological polar surface area (TPSA) is 156 Å². The minimum atomic E-state index is -4.17. The van der Waals surface area contributed by atoms with Gasteiger partial charge in [-0.15, -0.1) is 0 Å². The van der Waals surface area contributed by atoms with E-state index in [1.807, 2.05) is 37.3 Å². The van der Waals surface area contributed by atoms with Crippen LogP contribution in [0, 0.1) is 6.92 Å². The molecule has 2 aromatic carbocycles. The number of imide groups is 1. The first-order chi connectivity index (χ1) is 19.3. The second-order valence-corrected chi connectivity index (χ2v) is 12.8.